The number of rotatable bonds is 0. The predicted molar refractivity (Wildman–Crippen MR) is 110 cm³/mol. The van der Waals surface area contributed by atoms with Crippen LogP contribution in [-0.2, 0) is 21.1 Å². The van der Waals surface area contributed by atoms with Crippen LogP contribution in [0, 0.1) is 0 Å². The first kappa shape index (κ1) is 20.4. The number of pyridine rings is 2. The molecule has 6 aromatic rings. The molecular weight excluding hydrogens is 543 g/mol. The summed E-state index contributed by atoms with van der Waals surface area (Å²) >= 11 is 0. The van der Waals surface area contributed by atoms with E-state index in [1.54, 1.807) is 24.8 Å². The quantitative estimate of drug-likeness (QED) is 0.262. The van der Waals surface area contributed by atoms with Crippen LogP contribution in [0.5, 0.6) is 0 Å². The van der Waals surface area contributed by atoms with E-state index in [2.05, 4.69) is 66.3 Å². The smallest absolute Gasteiger partial charge is 0.450 e. The molecule has 0 saturated heterocycles. The first-order valence-corrected chi connectivity index (χ1v) is 8.68. The van der Waals surface area contributed by atoms with Crippen LogP contribution in [0.2, 0.25) is 0 Å². The molecule has 0 atom stereocenters. The molecule has 0 saturated carbocycles. The van der Waals surface area contributed by atoms with Crippen LogP contribution < -0.4 is 9.97 Å². The molecule has 6 rings (SSSR count). The average Bonchev–Trinajstić information content (AvgIpc) is 3.52. The molecule has 2 aromatic carbocycles. The van der Waals surface area contributed by atoms with Crippen molar-refractivity contribution < 1.29 is 21.1 Å². The van der Waals surface area contributed by atoms with E-state index in [-0.39, 0.29) is 21.1 Å². The molecule has 4 heterocycles. The van der Waals surface area contributed by atoms with Crippen LogP contribution in [0.3, 0.4) is 0 Å². The van der Waals surface area contributed by atoms with Gasteiger partial charge >= 0.3 is 21.1 Å². The molecule has 0 fully saturated rings. The fraction of sp³-hybridized carbons (Fsp3) is 0. The first-order chi connectivity index (χ1) is 13.9. The molecule has 0 aliphatic rings. The van der Waals surface area contributed by atoms with Crippen LogP contribution >= 0.6 is 0 Å². The summed E-state index contributed by atoms with van der Waals surface area (Å²) in [6.07, 6.45) is 13.2. The summed E-state index contributed by atoms with van der Waals surface area (Å²) in [5.41, 5.74) is 2.05. The Balaban J connectivity index is 0.000000180. The molecule has 0 aliphatic carbocycles. The summed E-state index contributed by atoms with van der Waals surface area (Å²) in [5.74, 6) is 0. The van der Waals surface area contributed by atoms with Crippen molar-refractivity contribution in [2.24, 2.45) is 0 Å². The second-order valence-electron chi connectivity index (χ2n) is 5.80. The first-order valence-electron chi connectivity index (χ1n) is 8.68. The molecule has 4 aromatic heterocycles. The normalized spacial score (nSPS) is 9.79. The summed E-state index contributed by atoms with van der Waals surface area (Å²) in [7, 11) is 0. The van der Waals surface area contributed by atoms with Gasteiger partial charge in [-0.3, -0.25) is 9.97 Å². The van der Waals surface area contributed by atoms with Crippen molar-refractivity contribution in [3.63, 3.8) is 0 Å². The third-order valence-electron chi connectivity index (χ3n) is 4.07. The van der Waals surface area contributed by atoms with Gasteiger partial charge in [0.15, 0.2) is 0 Å². The van der Waals surface area contributed by atoms with E-state index in [9.17, 15) is 0 Å². The van der Waals surface area contributed by atoms with Gasteiger partial charge in [0, 0.05) is 28.6 Å². The zero-order valence-corrected chi connectivity index (χ0v) is 17.5. The minimum Gasteiger partial charge on any atom is -0.450 e. The van der Waals surface area contributed by atoms with Crippen molar-refractivity contribution in [2.45, 2.75) is 0 Å². The molecule has 0 N–H and O–H groups in total. The van der Waals surface area contributed by atoms with Crippen molar-refractivity contribution in [3.8, 4) is 0 Å². The summed E-state index contributed by atoms with van der Waals surface area (Å²) < 4.78 is 0. The summed E-state index contributed by atoms with van der Waals surface area (Å²) in [5, 5.41) is 4.64. The maximum atomic E-state index is 4.52. The van der Waals surface area contributed by atoms with Gasteiger partial charge in [-0.2, -0.15) is 0 Å². The van der Waals surface area contributed by atoms with Gasteiger partial charge < -0.3 is 19.9 Å². The number of benzene rings is 2. The Hall–Kier alpha value is -3.37. The van der Waals surface area contributed by atoms with E-state index in [4.69, 9.17) is 0 Å². The summed E-state index contributed by atoms with van der Waals surface area (Å²) in [6.45, 7) is 0. The minimum absolute atomic E-state index is 0. The van der Waals surface area contributed by atoms with E-state index in [0.29, 0.717) is 0 Å². The number of fused-ring (bicyclic) bond motifs is 5. The Kier molecular flexibility index (Phi) is 7.20. The maximum absolute atomic E-state index is 4.52. The monoisotopic (exact) mass is 559 g/mol. The van der Waals surface area contributed by atoms with Gasteiger partial charge in [0.1, 0.15) is 0 Å². The molecule has 0 bridgehead atoms. The molecule has 0 spiro atoms. The van der Waals surface area contributed by atoms with Gasteiger partial charge in [-0.1, -0.05) is 73.8 Å². The topological polar surface area (TPSA) is 79.8 Å². The number of imidazole rings is 2. The van der Waals surface area contributed by atoms with E-state index in [0.717, 1.165) is 27.2 Å². The molecule has 29 heavy (non-hydrogen) atoms. The Bertz CT molecular complexity index is 1140. The Morgan fingerprint density at radius 3 is 1.41 bits per heavy atom. The van der Waals surface area contributed by atoms with Crippen LogP contribution in [-0.4, -0.2) is 19.9 Å². The Morgan fingerprint density at radius 2 is 1.03 bits per heavy atom. The van der Waals surface area contributed by atoms with Crippen molar-refractivity contribution >= 4 is 32.6 Å². The zero-order valence-electron chi connectivity index (χ0n) is 15.2. The fourth-order valence-corrected chi connectivity index (χ4v) is 2.87. The number of aromatic nitrogens is 6. The second kappa shape index (κ2) is 10.2. The molecule has 0 amide bonds. The average molecular weight is 559 g/mol. The van der Waals surface area contributed by atoms with Crippen LogP contribution in [0.4, 0.5) is 0 Å². The molecule has 7 heteroatoms. The standard InChI is InChI=1S/C16H10N2.2C3H3N2.Pt/c1-3-12-7-5-11-6-8-13-4-2-10-18-16(13)14(11)15(12)17-9-1;2*1-2-5-3-4-1;/h1-10H;2*1-3H;/q;2*-1;+2. The van der Waals surface area contributed by atoms with Crippen molar-refractivity contribution in [1.82, 2.24) is 29.9 Å². The second-order valence-corrected chi connectivity index (χ2v) is 5.80. The number of hydrogen-bond donors (Lipinski definition) is 0. The van der Waals surface area contributed by atoms with Crippen molar-refractivity contribution in [3.05, 3.63) is 98.4 Å². The zero-order chi connectivity index (χ0) is 19.0. The van der Waals surface area contributed by atoms with Crippen LogP contribution in [0.15, 0.2) is 98.4 Å². The van der Waals surface area contributed by atoms with Gasteiger partial charge in [-0.05, 0) is 17.5 Å². The van der Waals surface area contributed by atoms with E-state index < -0.39 is 0 Å². The summed E-state index contributed by atoms with van der Waals surface area (Å²) in [6, 6.07) is 16.6. The predicted octanol–water partition coefficient (Wildman–Crippen LogP) is 4.01. The summed E-state index contributed by atoms with van der Waals surface area (Å²) in [4.78, 5) is 23.5. The minimum atomic E-state index is 0. The fourth-order valence-electron chi connectivity index (χ4n) is 2.87. The van der Waals surface area contributed by atoms with Crippen LogP contribution in [0.25, 0.3) is 32.6 Å². The van der Waals surface area contributed by atoms with E-state index in [1.165, 1.54) is 18.0 Å². The largest absolute Gasteiger partial charge is 2.00 e. The van der Waals surface area contributed by atoms with Gasteiger partial charge in [0.05, 0.1) is 11.0 Å². The molecule has 6 nitrogen and oxygen atoms in total. The third-order valence-corrected chi connectivity index (χ3v) is 4.07. The van der Waals surface area contributed by atoms with Gasteiger partial charge in [0.2, 0.25) is 0 Å². The van der Waals surface area contributed by atoms with E-state index >= 15 is 0 Å². The van der Waals surface area contributed by atoms with Gasteiger partial charge in [-0.15, -0.1) is 0 Å². The van der Waals surface area contributed by atoms with Crippen LogP contribution in [0.1, 0.15) is 0 Å². The van der Waals surface area contributed by atoms with Crippen molar-refractivity contribution in [2.75, 3.05) is 0 Å². The molecule has 0 unspecified atom stereocenters. The maximum Gasteiger partial charge on any atom is 2.00 e. The number of nitrogens with zero attached hydrogens (tertiary/aromatic N) is 6. The molecule has 0 aliphatic heterocycles. The Morgan fingerprint density at radius 1 is 0.552 bits per heavy atom. The SMILES string of the molecule is [Pt+2].c1c[n-]cn1.c1c[n-]cn1.c1cnc2c(c1)ccc1ccc3cccnc3c12. The third kappa shape index (κ3) is 4.92. The Labute approximate surface area is 181 Å². The van der Waals surface area contributed by atoms with E-state index in [1.807, 2.05) is 24.5 Å². The molecule has 0 radical (unpaired) electrons. The molecular formula is C22H16N6Pt. The van der Waals surface area contributed by atoms with Gasteiger partial charge in [-0.25, -0.2) is 0 Å². The van der Waals surface area contributed by atoms with Gasteiger partial charge in [0.25, 0.3) is 0 Å². The number of hydrogen-bond acceptors (Lipinski definition) is 4. The van der Waals surface area contributed by atoms with Crippen molar-refractivity contribution in [1.29, 1.82) is 0 Å². The molecule has 144 valence electrons.